The molecular formula is C11H13N3O2. The van der Waals surface area contributed by atoms with E-state index in [2.05, 4.69) is 5.32 Å². The molecule has 0 atom stereocenters. The molecule has 0 saturated heterocycles. The average molecular weight is 219 g/mol. The van der Waals surface area contributed by atoms with Crippen molar-refractivity contribution in [1.29, 1.82) is 5.26 Å². The number of benzene rings is 1. The van der Waals surface area contributed by atoms with Crippen LogP contribution in [0.4, 0.5) is 10.5 Å². The molecular weight excluding hydrogens is 206 g/mol. The maximum atomic E-state index is 11.5. The van der Waals surface area contributed by atoms with E-state index in [1.165, 1.54) is 4.90 Å². The van der Waals surface area contributed by atoms with Gasteiger partial charge in [0.2, 0.25) is 0 Å². The summed E-state index contributed by atoms with van der Waals surface area (Å²) in [6.07, 6.45) is 0. The second-order valence-electron chi connectivity index (χ2n) is 3.26. The van der Waals surface area contributed by atoms with E-state index in [9.17, 15) is 4.79 Å². The summed E-state index contributed by atoms with van der Waals surface area (Å²) in [7, 11) is 1.59. The smallest absolute Gasteiger partial charge is 0.321 e. The number of hydrogen-bond donors (Lipinski definition) is 2. The molecule has 0 radical (unpaired) electrons. The number of amides is 2. The first-order valence-electron chi connectivity index (χ1n) is 4.80. The standard InChI is InChI=1S/C11H13N3O2/c1-14(6-7-15)11(16)13-10-4-2-9(8-12)3-5-10/h2-5,15H,6-7H2,1H3,(H,13,16). The van der Waals surface area contributed by atoms with Gasteiger partial charge in [-0.1, -0.05) is 0 Å². The van der Waals surface area contributed by atoms with Crippen LogP contribution in [0.2, 0.25) is 0 Å². The van der Waals surface area contributed by atoms with Crippen LogP contribution in [0.1, 0.15) is 5.56 Å². The number of urea groups is 1. The van der Waals surface area contributed by atoms with Crippen LogP contribution in [0.15, 0.2) is 24.3 Å². The third-order valence-corrected chi connectivity index (χ3v) is 2.05. The zero-order valence-electron chi connectivity index (χ0n) is 8.97. The molecule has 0 bridgehead atoms. The highest BCUT2D eigenvalue weighted by molar-refractivity contribution is 5.89. The number of aliphatic hydroxyl groups is 1. The molecule has 1 aromatic carbocycles. The quantitative estimate of drug-likeness (QED) is 0.796. The lowest BCUT2D eigenvalue weighted by Crippen LogP contribution is -2.33. The first kappa shape index (κ1) is 12.0. The van der Waals surface area contributed by atoms with E-state index in [4.69, 9.17) is 10.4 Å². The van der Waals surface area contributed by atoms with Gasteiger partial charge >= 0.3 is 6.03 Å². The molecule has 5 nitrogen and oxygen atoms in total. The Hall–Kier alpha value is -2.06. The topological polar surface area (TPSA) is 76.4 Å². The van der Waals surface area contributed by atoms with Crippen LogP contribution < -0.4 is 5.32 Å². The number of nitrogens with zero attached hydrogens (tertiary/aromatic N) is 2. The monoisotopic (exact) mass is 219 g/mol. The highest BCUT2D eigenvalue weighted by Gasteiger charge is 2.07. The summed E-state index contributed by atoms with van der Waals surface area (Å²) in [5, 5.41) is 19.9. The van der Waals surface area contributed by atoms with Gasteiger partial charge in [0.1, 0.15) is 0 Å². The van der Waals surface area contributed by atoms with Gasteiger partial charge in [0.15, 0.2) is 0 Å². The van der Waals surface area contributed by atoms with Crippen molar-refractivity contribution in [3.05, 3.63) is 29.8 Å². The van der Waals surface area contributed by atoms with Gasteiger partial charge in [-0.15, -0.1) is 0 Å². The van der Waals surface area contributed by atoms with Crippen molar-refractivity contribution < 1.29 is 9.90 Å². The van der Waals surface area contributed by atoms with Crippen molar-refractivity contribution >= 4 is 11.7 Å². The van der Waals surface area contributed by atoms with Crippen molar-refractivity contribution in [2.75, 3.05) is 25.5 Å². The van der Waals surface area contributed by atoms with Crippen molar-refractivity contribution in [2.24, 2.45) is 0 Å². The molecule has 0 unspecified atom stereocenters. The maximum Gasteiger partial charge on any atom is 0.321 e. The number of rotatable bonds is 3. The summed E-state index contributed by atoms with van der Waals surface area (Å²) in [6, 6.07) is 8.27. The minimum Gasteiger partial charge on any atom is -0.395 e. The Kier molecular flexibility index (Phi) is 4.30. The molecule has 84 valence electrons. The number of hydrogen-bond acceptors (Lipinski definition) is 3. The fourth-order valence-corrected chi connectivity index (χ4v) is 1.10. The van der Waals surface area contributed by atoms with Gasteiger partial charge in [-0.05, 0) is 24.3 Å². The van der Waals surface area contributed by atoms with Crippen LogP contribution in [0.25, 0.3) is 0 Å². The Morgan fingerprint density at radius 2 is 2.12 bits per heavy atom. The lowest BCUT2D eigenvalue weighted by Gasteiger charge is -2.16. The third-order valence-electron chi connectivity index (χ3n) is 2.05. The number of aliphatic hydroxyl groups excluding tert-OH is 1. The number of nitrogens with one attached hydrogen (secondary N) is 1. The summed E-state index contributed by atoms with van der Waals surface area (Å²) < 4.78 is 0. The highest BCUT2D eigenvalue weighted by atomic mass is 16.3. The Morgan fingerprint density at radius 1 is 1.50 bits per heavy atom. The molecule has 5 heteroatoms. The van der Waals surface area contributed by atoms with E-state index in [-0.39, 0.29) is 19.2 Å². The van der Waals surface area contributed by atoms with E-state index in [0.29, 0.717) is 11.3 Å². The van der Waals surface area contributed by atoms with Crippen LogP contribution >= 0.6 is 0 Å². The van der Waals surface area contributed by atoms with Gasteiger partial charge in [0.25, 0.3) is 0 Å². The highest BCUT2D eigenvalue weighted by Crippen LogP contribution is 2.09. The Morgan fingerprint density at radius 3 is 2.62 bits per heavy atom. The van der Waals surface area contributed by atoms with Gasteiger partial charge in [-0.2, -0.15) is 5.26 Å². The Labute approximate surface area is 93.9 Å². The van der Waals surface area contributed by atoms with E-state index >= 15 is 0 Å². The molecule has 0 heterocycles. The maximum absolute atomic E-state index is 11.5. The van der Waals surface area contributed by atoms with Crippen LogP contribution in [-0.4, -0.2) is 36.2 Å². The summed E-state index contributed by atoms with van der Waals surface area (Å²) in [4.78, 5) is 12.9. The average Bonchev–Trinajstić information content (AvgIpc) is 2.30. The first-order valence-corrected chi connectivity index (χ1v) is 4.80. The van der Waals surface area contributed by atoms with E-state index < -0.39 is 0 Å². The minimum atomic E-state index is -0.293. The number of carbonyl (C=O) groups excluding carboxylic acids is 1. The summed E-state index contributed by atoms with van der Waals surface area (Å²) in [5.74, 6) is 0. The van der Waals surface area contributed by atoms with Crippen molar-refractivity contribution in [1.82, 2.24) is 4.90 Å². The van der Waals surface area contributed by atoms with Gasteiger partial charge in [0, 0.05) is 19.3 Å². The van der Waals surface area contributed by atoms with Crippen LogP contribution in [0.5, 0.6) is 0 Å². The van der Waals surface area contributed by atoms with Gasteiger partial charge in [-0.3, -0.25) is 0 Å². The number of likely N-dealkylation sites (N-methyl/N-ethyl adjacent to an activating group) is 1. The molecule has 1 rings (SSSR count). The van der Waals surface area contributed by atoms with Crippen molar-refractivity contribution in [2.45, 2.75) is 0 Å². The molecule has 2 amide bonds. The molecule has 2 N–H and O–H groups in total. The minimum absolute atomic E-state index is 0.0721. The molecule has 0 aliphatic heterocycles. The third kappa shape index (κ3) is 3.26. The van der Waals surface area contributed by atoms with Crippen LogP contribution in [0, 0.1) is 11.3 Å². The number of nitriles is 1. The zero-order chi connectivity index (χ0) is 12.0. The summed E-state index contributed by atoms with van der Waals surface area (Å²) in [6.45, 7) is 0.208. The first-order chi connectivity index (χ1) is 7.67. The Balaban J connectivity index is 2.60. The molecule has 0 aliphatic carbocycles. The second-order valence-corrected chi connectivity index (χ2v) is 3.26. The second kappa shape index (κ2) is 5.73. The van der Waals surface area contributed by atoms with E-state index in [0.717, 1.165) is 0 Å². The fraction of sp³-hybridized carbons (Fsp3) is 0.273. The predicted octanol–water partition coefficient (Wildman–Crippen LogP) is 1.01. The number of carbonyl (C=O) groups is 1. The number of anilines is 1. The Bertz CT molecular complexity index is 395. The SMILES string of the molecule is CN(CCO)C(=O)Nc1ccc(C#N)cc1. The van der Waals surface area contributed by atoms with Crippen LogP contribution in [0.3, 0.4) is 0 Å². The molecule has 1 aromatic rings. The molecule has 16 heavy (non-hydrogen) atoms. The van der Waals surface area contributed by atoms with E-state index in [1.54, 1.807) is 31.3 Å². The lowest BCUT2D eigenvalue weighted by molar-refractivity contribution is 0.202. The molecule has 0 saturated carbocycles. The predicted molar refractivity (Wildman–Crippen MR) is 59.9 cm³/mol. The van der Waals surface area contributed by atoms with Crippen molar-refractivity contribution in [3.8, 4) is 6.07 Å². The van der Waals surface area contributed by atoms with Gasteiger partial charge in [0.05, 0.1) is 18.2 Å². The molecule has 0 fully saturated rings. The summed E-state index contributed by atoms with van der Waals surface area (Å²) in [5.41, 5.74) is 1.16. The molecule has 0 aliphatic rings. The van der Waals surface area contributed by atoms with E-state index in [1.807, 2.05) is 6.07 Å². The van der Waals surface area contributed by atoms with Crippen LogP contribution in [-0.2, 0) is 0 Å². The summed E-state index contributed by atoms with van der Waals surface area (Å²) >= 11 is 0. The van der Waals surface area contributed by atoms with Crippen molar-refractivity contribution in [3.63, 3.8) is 0 Å². The van der Waals surface area contributed by atoms with Gasteiger partial charge < -0.3 is 15.3 Å². The molecule has 0 spiro atoms. The lowest BCUT2D eigenvalue weighted by atomic mass is 10.2. The fourth-order valence-electron chi connectivity index (χ4n) is 1.10. The zero-order valence-corrected chi connectivity index (χ0v) is 8.97. The normalized spacial score (nSPS) is 9.31. The molecule has 0 aromatic heterocycles. The van der Waals surface area contributed by atoms with Gasteiger partial charge in [-0.25, -0.2) is 4.79 Å². The largest absolute Gasteiger partial charge is 0.395 e.